The highest BCUT2D eigenvalue weighted by Gasteiger charge is 2.23. The lowest BCUT2D eigenvalue weighted by Crippen LogP contribution is -2.15. The second kappa shape index (κ2) is 9.46. The smallest absolute Gasteiger partial charge is 0.299 e. The van der Waals surface area contributed by atoms with Crippen molar-refractivity contribution in [3.8, 4) is 0 Å². The molecule has 0 atom stereocenters. The number of halogens is 4. The number of fused-ring (bicyclic) bond motifs is 1. The lowest BCUT2D eigenvalue weighted by molar-refractivity contribution is 0.592. The number of nitrogens with zero attached hydrogens (tertiary/aromatic N) is 4. The third-order valence-corrected chi connectivity index (χ3v) is 6.18. The van der Waals surface area contributed by atoms with Gasteiger partial charge in [0.2, 0.25) is 0 Å². The number of para-hydroxylation sites is 2. The van der Waals surface area contributed by atoms with E-state index in [0.717, 1.165) is 0 Å². The van der Waals surface area contributed by atoms with Crippen LogP contribution in [0.3, 0.4) is 0 Å². The minimum Gasteiger partial charge on any atom is -0.396 e. The van der Waals surface area contributed by atoms with Crippen molar-refractivity contribution in [2.75, 3.05) is 10.5 Å². The van der Waals surface area contributed by atoms with Crippen molar-refractivity contribution in [3.05, 3.63) is 74.4 Å². The molecule has 8 nitrogen and oxygen atoms in total. The second-order valence-corrected chi connectivity index (χ2v) is 9.25. The van der Waals surface area contributed by atoms with E-state index in [0.29, 0.717) is 21.4 Å². The maximum atomic E-state index is 12.4. The second-order valence-electron chi connectivity index (χ2n) is 6.05. The Hall–Kier alpha value is -2.30. The number of anilines is 2. The molecule has 0 radical (unpaired) electrons. The third-order valence-electron chi connectivity index (χ3n) is 3.77. The van der Waals surface area contributed by atoms with Crippen LogP contribution < -0.4 is 10.5 Å². The van der Waals surface area contributed by atoms with Crippen molar-refractivity contribution < 1.29 is 8.42 Å². The molecule has 13 heteroatoms. The standard InChI is InChI=1S/C12H9Cl2N5O2S.C6H5Cl2N/c1-7-5-6-19-11(15-7)16-12(17-19)22(20,21)18-10-8(13)3-2-4-9(10)14;7-4-2-1-3-5(8)6(4)9/h2-6,18H,1H3;1-3H,9H2. The summed E-state index contributed by atoms with van der Waals surface area (Å²) in [6.45, 7) is 1.77. The molecule has 0 amide bonds. The Labute approximate surface area is 198 Å². The van der Waals surface area contributed by atoms with Gasteiger partial charge in [-0.05, 0) is 37.3 Å². The number of hydrogen-bond donors (Lipinski definition) is 2. The van der Waals surface area contributed by atoms with Crippen molar-refractivity contribution >= 4 is 73.6 Å². The molecule has 0 saturated carbocycles. The maximum absolute atomic E-state index is 12.4. The van der Waals surface area contributed by atoms with Crippen molar-refractivity contribution in [1.29, 1.82) is 0 Å². The minimum absolute atomic E-state index is 0.0776. The van der Waals surface area contributed by atoms with E-state index in [4.69, 9.17) is 52.1 Å². The highest BCUT2D eigenvalue weighted by Crippen LogP contribution is 2.31. The number of nitrogens with one attached hydrogen (secondary N) is 1. The molecular weight excluding hydrogens is 506 g/mol. The predicted molar refractivity (Wildman–Crippen MR) is 124 cm³/mol. The monoisotopic (exact) mass is 518 g/mol. The maximum Gasteiger partial charge on any atom is 0.299 e. The van der Waals surface area contributed by atoms with Gasteiger partial charge in [-0.15, -0.1) is 5.10 Å². The highest BCUT2D eigenvalue weighted by atomic mass is 35.5. The fourth-order valence-corrected chi connectivity index (χ4v) is 4.22. The molecule has 2 aromatic carbocycles. The Bertz CT molecular complexity index is 1320. The average Bonchev–Trinajstić information content (AvgIpc) is 3.14. The molecule has 4 aromatic rings. The number of sulfonamides is 1. The molecule has 0 unspecified atom stereocenters. The van der Waals surface area contributed by atoms with Crippen LogP contribution in [0.15, 0.2) is 53.8 Å². The topological polar surface area (TPSA) is 115 Å². The highest BCUT2D eigenvalue weighted by molar-refractivity contribution is 7.92. The number of nitrogens with two attached hydrogens (primary N) is 1. The van der Waals surface area contributed by atoms with Gasteiger partial charge in [0.15, 0.2) is 0 Å². The molecular formula is C18H14Cl4N6O2S. The van der Waals surface area contributed by atoms with Crippen molar-refractivity contribution in [2.24, 2.45) is 0 Å². The van der Waals surface area contributed by atoms with E-state index in [9.17, 15) is 8.42 Å². The van der Waals surface area contributed by atoms with Gasteiger partial charge >= 0.3 is 0 Å². The number of aromatic nitrogens is 4. The summed E-state index contributed by atoms with van der Waals surface area (Å²) in [4.78, 5) is 8.00. The SMILES string of the molecule is Cc1ccn2nc(S(=O)(=O)Nc3c(Cl)cccc3Cl)nc2n1.Nc1c(Cl)cccc1Cl. The Balaban J connectivity index is 0.000000254. The number of aryl methyl sites for hydroxylation is 1. The van der Waals surface area contributed by atoms with Crippen LogP contribution in [0.25, 0.3) is 5.78 Å². The largest absolute Gasteiger partial charge is 0.396 e. The van der Waals surface area contributed by atoms with E-state index < -0.39 is 15.2 Å². The summed E-state index contributed by atoms with van der Waals surface area (Å²) in [7, 11) is -4.03. The molecule has 4 rings (SSSR count). The fraction of sp³-hybridized carbons (Fsp3) is 0.0556. The summed E-state index contributed by atoms with van der Waals surface area (Å²) in [6.07, 6.45) is 1.58. The Morgan fingerprint density at radius 2 is 1.45 bits per heavy atom. The number of rotatable bonds is 3. The molecule has 0 aliphatic carbocycles. The van der Waals surface area contributed by atoms with Crippen molar-refractivity contribution in [2.45, 2.75) is 12.1 Å². The fourth-order valence-electron chi connectivity index (χ4n) is 2.25. The van der Waals surface area contributed by atoms with Gasteiger partial charge < -0.3 is 5.73 Å². The molecule has 0 bridgehead atoms. The molecule has 0 fully saturated rings. The zero-order valence-corrected chi connectivity index (χ0v) is 19.6. The Kier molecular flexibility index (Phi) is 7.13. The molecule has 0 saturated heterocycles. The zero-order chi connectivity index (χ0) is 22.8. The van der Waals surface area contributed by atoms with Crippen LogP contribution in [0.5, 0.6) is 0 Å². The molecule has 2 heterocycles. The number of benzene rings is 2. The van der Waals surface area contributed by atoms with Crippen LogP contribution in [0, 0.1) is 6.92 Å². The van der Waals surface area contributed by atoms with Crippen LogP contribution in [-0.2, 0) is 10.0 Å². The van der Waals surface area contributed by atoms with Gasteiger partial charge in [0.1, 0.15) is 0 Å². The summed E-state index contributed by atoms with van der Waals surface area (Å²) in [5.74, 6) is 0.186. The quantitative estimate of drug-likeness (QED) is 0.363. The normalized spacial score (nSPS) is 11.1. The molecule has 162 valence electrons. The van der Waals surface area contributed by atoms with Crippen LogP contribution in [-0.4, -0.2) is 28.0 Å². The van der Waals surface area contributed by atoms with Crippen molar-refractivity contribution in [3.63, 3.8) is 0 Å². The first-order valence-electron chi connectivity index (χ1n) is 8.45. The van der Waals surface area contributed by atoms with Gasteiger partial charge in [-0.3, -0.25) is 4.72 Å². The van der Waals surface area contributed by atoms with E-state index in [2.05, 4.69) is 19.8 Å². The first-order valence-corrected chi connectivity index (χ1v) is 11.4. The lowest BCUT2D eigenvalue weighted by Gasteiger charge is -2.08. The van der Waals surface area contributed by atoms with Gasteiger partial charge in [0, 0.05) is 11.9 Å². The van der Waals surface area contributed by atoms with Crippen molar-refractivity contribution in [1.82, 2.24) is 19.6 Å². The summed E-state index contributed by atoms with van der Waals surface area (Å²) < 4.78 is 28.3. The first kappa shape index (κ1) is 23.4. The third kappa shape index (κ3) is 5.50. The molecule has 3 N–H and O–H groups in total. The predicted octanol–water partition coefficient (Wildman–Crippen LogP) is 5.12. The first-order chi connectivity index (χ1) is 14.6. The van der Waals surface area contributed by atoms with E-state index >= 15 is 0 Å². The molecule has 0 spiro atoms. The Morgan fingerprint density at radius 1 is 0.903 bits per heavy atom. The molecule has 0 aliphatic heterocycles. The van der Waals surface area contributed by atoms with E-state index in [-0.39, 0.29) is 21.5 Å². The average molecular weight is 520 g/mol. The van der Waals surface area contributed by atoms with Crippen LogP contribution in [0.4, 0.5) is 11.4 Å². The van der Waals surface area contributed by atoms with E-state index in [1.807, 2.05) is 0 Å². The minimum atomic E-state index is -4.03. The lowest BCUT2D eigenvalue weighted by atomic mass is 10.3. The van der Waals surface area contributed by atoms with Gasteiger partial charge in [-0.25, -0.2) is 9.50 Å². The zero-order valence-electron chi connectivity index (χ0n) is 15.7. The van der Waals surface area contributed by atoms with Crippen LogP contribution >= 0.6 is 46.4 Å². The summed E-state index contributed by atoms with van der Waals surface area (Å²) in [6, 6.07) is 11.5. The van der Waals surface area contributed by atoms with Gasteiger partial charge in [-0.2, -0.15) is 13.4 Å². The van der Waals surface area contributed by atoms with Crippen LogP contribution in [0.2, 0.25) is 20.1 Å². The summed E-state index contributed by atoms with van der Waals surface area (Å²) >= 11 is 23.1. The molecule has 2 aromatic heterocycles. The molecule has 0 aliphatic rings. The number of nitrogen functional groups attached to an aromatic ring is 1. The van der Waals surface area contributed by atoms with Gasteiger partial charge in [0.05, 0.1) is 31.5 Å². The van der Waals surface area contributed by atoms with Crippen LogP contribution in [0.1, 0.15) is 5.69 Å². The van der Waals surface area contributed by atoms with Gasteiger partial charge in [-0.1, -0.05) is 58.5 Å². The van der Waals surface area contributed by atoms with E-state index in [1.54, 1.807) is 43.5 Å². The van der Waals surface area contributed by atoms with E-state index in [1.165, 1.54) is 16.6 Å². The Morgan fingerprint density at radius 3 is 2.00 bits per heavy atom. The summed E-state index contributed by atoms with van der Waals surface area (Å²) in [5.41, 5.74) is 6.64. The number of hydrogen-bond acceptors (Lipinski definition) is 6. The summed E-state index contributed by atoms with van der Waals surface area (Å²) in [5, 5.41) is 4.83. The van der Waals surface area contributed by atoms with Gasteiger partial charge in [0.25, 0.3) is 21.0 Å². The molecule has 31 heavy (non-hydrogen) atoms.